The molecule has 5 heteroatoms. The van der Waals surface area contributed by atoms with Crippen LogP contribution in [-0.4, -0.2) is 24.8 Å². The number of methoxy groups -OCH3 is 1. The van der Waals surface area contributed by atoms with E-state index in [1.807, 2.05) is 31.2 Å². The second kappa shape index (κ2) is 9.25. The maximum atomic E-state index is 12.3. The molecule has 126 valence electrons. The number of esters is 1. The number of amides is 1. The van der Waals surface area contributed by atoms with Crippen molar-refractivity contribution in [1.29, 1.82) is 0 Å². The number of carbonyl (C=O) groups is 3. The summed E-state index contributed by atoms with van der Waals surface area (Å²) in [5.41, 5.74) is 7.70. The molecular weight excluding hydrogens is 306 g/mol. The summed E-state index contributed by atoms with van der Waals surface area (Å²) in [6, 6.07) is 14.5. The number of primary amides is 1. The first kappa shape index (κ1) is 19.1. The van der Waals surface area contributed by atoms with Gasteiger partial charge in [0.15, 0.2) is 5.78 Å². The summed E-state index contributed by atoms with van der Waals surface area (Å²) in [6.07, 6.45) is 0.218. The predicted molar refractivity (Wildman–Crippen MR) is 91.6 cm³/mol. The fraction of sp³-hybridized carbons (Fsp3) is 0.211. The van der Waals surface area contributed by atoms with E-state index in [0.29, 0.717) is 11.1 Å². The van der Waals surface area contributed by atoms with Gasteiger partial charge < -0.3 is 10.5 Å². The molecule has 1 amide bonds. The van der Waals surface area contributed by atoms with E-state index in [1.165, 1.54) is 14.0 Å². The van der Waals surface area contributed by atoms with Crippen LogP contribution in [0.5, 0.6) is 0 Å². The highest BCUT2D eigenvalue weighted by molar-refractivity contribution is 6.09. The first-order chi connectivity index (χ1) is 11.3. The third kappa shape index (κ3) is 6.44. The van der Waals surface area contributed by atoms with E-state index in [-0.39, 0.29) is 24.1 Å². The molecule has 0 spiro atoms. The van der Waals surface area contributed by atoms with Gasteiger partial charge in [0.25, 0.3) is 0 Å². The Bertz CT molecular complexity index is 699. The Morgan fingerprint density at radius 3 is 1.75 bits per heavy atom. The van der Waals surface area contributed by atoms with Gasteiger partial charge in [0, 0.05) is 18.1 Å². The molecule has 0 atom stereocenters. The van der Waals surface area contributed by atoms with Crippen molar-refractivity contribution in [3.8, 4) is 0 Å². The lowest BCUT2D eigenvalue weighted by Crippen LogP contribution is -2.05. The van der Waals surface area contributed by atoms with Crippen LogP contribution in [0.2, 0.25) is 0 Å². The van der Waals surface area contributed by atoms with Gasteiger partial charge in [-0.1, -0.05) is 54.1 Å². The van der Waals surface area contributed by atoms with Crippen LogP contribution in [0.1, 0.15) is 34.0 Å². The van der Waals surface area contributed by atoms with Gasteiger partial charge >= 0.3 is 5.97 Å². The zero-order valence-electron chi connectivity index (χ0n) is 14.0. The Kier molecular flexibility index (Phi) is 7.36. The Balaban J connectivity index is 0.000000648. The van der Waals surface area contributed by atoms with E-state index < -0.39 is 0 Å². The molecule has 0 fully saturated rings. The highest BCUT2D eigenvalue weighted by atomic mass is 16.5. The quantitative estimate of drug-likeness (QED) is 0.690. The van der Waals surface area contributed by atoms with Gasteiger partial charge in [0.2, 0.25) is 5.91 Å². The summed E-state index contributed by atoms with van der Waals surface area (Å²) in [7, 11) is 1.36. The van der Waals surface area contributed by atoms with Crippen molar-refractivity contribution >= 4 is 17.7 Å². The number of hydrogen-bond donors (Lipinski definition) is 1. The summed E-state index contributed by atoms with van der Waals surface area (Å²) < 4.78 is 4.61. The zero-order chi connectivity index (χ0) is 18.1. The fourth-order valence-corrected chi connectivity index (χ4v) is 1.88. The van der Waals surface area contributed by atoms with Gasteiger partial charge in [-0.15, -0.1) is 0 Å². The molecule has 0 radical (unpaired) electrons. The van der Waals surface area contributed by atoms with Crippen LogP contribution in [0.4, 0.5) is 0 Å². The minimum absolute atomic E-state index is 0.0189. The van der Waals surface area contributed by atoms with Crippen molar-refractivity contribution < 1.29 is 19.1 Å². The van der Waals surface area contributed by atoms with Crippen LogP contribution in [0.15, 0.2) is 48.5 Å². The van der Waals surface area contributed by atoms with Crippen molar-refractivity contribution in [2.45, 2.75) is 20.3 Å². The third-order valence-electron chi connectivity index (χ3n) is 3.11. The van der Waals surface area contributed by atoms with Crippen molar-refractivity contribution in [2.24, 2.45) is 5.73 Å². The number of nitrogens with two attached hydrogens (primary N) is 1. The summed E-state index contributed by atoms with van der Waals surface area (Å²) in [4.78, 5) is 32.6. The molecule has 24 heavy (non-hydrogen) atoms. The molecule has 0 heterocycles. The van der Waals surface area contributed by atoms with Crippen LogP contribution < -0.4 is 5.73 Å². The van der Waals surface area contributed by atoms with Crippen LogP contribution in [0.25, 0.3) is 0 Å². The first-order valence-corrected chi connectivity index (χ1v) is 7.36. The van der Waals surface area contributed by atoms with E-state index in [0.717, 1.165) is 11.1 Å². The highest BCUT2D eigenvalue weighted by Crippen LogP contribution is 2.12. The largest absolute Gasteiger partial charge is 0.469 e. The molecule has 0 saturated carbocycles. The standard InChI is InChI=1S/C17H16O3.C2H5NO/c1-12-3-7-14(8-4-12)17(19)15-9-5-13(6-10-15)11-16(18)20-2;1-2(3)4/h3-10H,11H2,1-2H3;1H3,(H2,3,4). The smallest absolute Gasteiger partial charge is 0.309 e. The minimum atomic E-state index is -0.333. The van der Waals surface area contributed by atoms with E-state index in [2.05, 4.69) is 10.5 Å². The van der Waals surface area contributed by atoms with Crippen LogP contribution in [0, 0.1) is 6.92 Å². The van der Waals surface area contributed by atoms with Gasteiger partial charge in [-0.2, -0.15) is 0 Å². The summed E-state index contributed by atoms with van der Waals surface area (Å²) in [5.74, 6) is -0.641. The lowest BCUT2D eigenvalue weighted by molar-refractivity contribution is -0.139. The van der Waals surface area contributed by atoms with E-state index in [1.54, 1.807) is 24.3 Å². The monoisotopic (exact) mass is 327 g/mol. The number of ether oxygens (including phenoxy) is 1. The average Bonchev–Trinajstić information content (AvgIpc) is 2.55. The lowest BCUT2D eigenvalue weighted by atomic mass is 10.0. The van der Waals surface area contributed by atoms with Gasteiger partial charge in [0.05, 0.1) is 13.5 Å². The maximum Gasteiger partial charge on any atom is 0.309 e. The van der Waals surface area contributed by atoms with Crippen molar-refractivity contribution in [3.05, 3.63) is 70.8 Å². The molecule has 2 aromatic rings. The SMILES string of the molecule is CC(N)=O.COC(=O)Cc1ccc(C(=O)c2ccc(C)cc2)cc1. The second-order valence-electron chi connectivity index (χ2n) is 5.26. The van der Waals surface area contributed by atoms with Crippen LogP contribution in [0.3, 0.4) is 0 Å². The fourth-order valence-electron chi connectivity index (χ4n) is 1.88. The molecular formula is C19H21NO4. The summed E-state index contributed by atoms with van der Waals surface area (Å²) in [6.45, 7) is 3.29. The minimum Gasteiger partial charge on any atom is -0.469 e. The number of rotatable bonds is 4. The normalized spacial score (nSPS) is 9.46. The Morgan fingerprint density at radius 2 is 1.33 bits per heavy atom. The molecule has 2 rings (SSSR count). The number of ketones is 1. The summed E-state index contributed by atoms with van der Waals surface area (Å²) >= 11 is 0. The molecule has 0 aromatic heterocycles. The van der Waals surface area contributed by atoms with E-state index in [9.17, 15) is 14.4 Å². The Hall–Kier alpha value is -2.95. The Labute approximate surface area is 141 Å². The topological polar surface area (TPSA) is 86.5 Å². The first-order valence-electron chi connectivity index (χ1n) is 7.36. The number of hydrogen-bond acceptors (Lipinski definition) is 4. The lowest BCUT2D eigenvalue weighted by Gasteiger charge is -2.04. The molecule has 0 unspecified atom stereocenters. The molecule has 0 saturated heterocycles. The number of benzene rings is 2. The van der Waals surface area contributed by atoms with Gasteiger partial charge in [-0.3, -0.25) is 14.4 Å². The van der Waals surface area contributed by atoms with Crippen molar-refractivity contribution in [2.75, 3.05) is 7.11 Å². The number of aryl methyl sites for hydroxylation is 1. The molecule has 0 bridgehead atoms. The van der Waals surface area contributed by atoms with Crippen molar-refractivity contribution in [1.82, 2.24) is 0 Å². The molecule has 2 N–H and O–H groups in total. The zero-order valence-corrected chi connectivity index (χ0v) is 14.0. The molecule has 5 nitrogen and oxygen atoms in total. The van der Waals surface area contributed by atoms with Gasteiger partial charge in [0.1, 0.15) is 0 Å². The molecule has 2 aromatic carbocycles. The number of carbonyl (C=O) groups excluding carboxylic acids is 3. The van der Waals surface area contributed by atoms with E-state index >= 15 is 0 Å². The second-order valence-corrected chi connectivity index (χ2v) is 5.26. The van der Waals surface area contributed by atoms with Crippen molar-refractivity contribution in [3.63, 3.8) is 0 Å². The predicted octanol–water partition coefficient (Wildman–Crippen LogP) is 2.43. The van der Waals surface area contributed by atoms with Crippen LogP contribution >= 0.6 is 0 Å². The molecule has 0 aliphatic heterocycles. The van der Waals surface area contributed by atoms with E-state index in [4.69, 9.17) is 0 Å². The van der Waals surface area contributed by atoms with Gasteiger partial charge in [-0.25, -0.2) is 0 Å². The molecule has 0 aliphatic carbocycles. The van der Waals surface area contributed by atoms with Crippen LogP contribution in [-0.2, 0) is 20.7 Å². The Morgan fingerprint density at radius 1 is 0.917 bits per heavy atom. The van der Waals surface area contributed by atoms with Gasteiger partial charge in [-0.05, 0) is 12.5 Å². The highest BCUT2D eigenvalue weighted by Gasteiger charge is 2.09. The molecule has 0 aliphatic rings. The maximum absolute atomic E-state index is 12.3. The third-order valence-corrected chi connectivity index (χ3v) is 3.11. The average molecular weight is 327 g/mol. The summed E-state index contributed by atoms with van der Waals surface area (Å²) in [5, 5.41) is 0.